The van der Waals surface area contributed by atoms with Crippen LogP contribution < -0.4 is 0 Å². The van der Waals surface area contributed by atoms with Gasteiger partial charge in [-0.1, -0.05) is 11.8 Å². The molecule has 1 aliphatic carbocycles. The second-order valence-corrected chi connectivity index (χ2v) is 9.04. The van der Waals surface area contributed by atoms with Crippen molar-refractivity contribution in [2.24, 2.45) is 11.8 Å². The smallest absolute Gasteiger partial charge is 0.233 e. The number of thiazole rings is 1. The van der Waals surface area contributed by atoms with Crippen LogP contribution in [0.5, 0.6) is 0 Å². The zero-order chi connectivity index (χ0) is 17.4. The zero-order valence-electron chi connectivity index (χ0n) is 14.1. The van der Waals surface area contributed by atoms with Crippen molar-refractivity contribution in [3.05, 3.63) is 29.5 Å². The highest BCUT2D eigenvalue weighted by molar-refractivity contribution is 8.01. The van der Waals surface area contributed by atoms with E-state index in [0.717, 1.165) is 36.0 Å². The number of amides is 1. The number of hydrogen-bond donors (Lipinski definition) is 1. The topological polar surface area (TPSA) is 71.2 Å². The van der Waals surface area contributed by atoms with E-state index in [1.54, 1.807) is 17.5 Å². The lowest BCUT2D eigenvalue weighted by atomic mass is 9.77. The summed E-state index contributed by atoms with van der Waals surface area (Å²) in [6.07, 6.45) is 4.91. The lowest BCUT2D eigenvalue weighted by molar-refractivity contribution is -0.127. The van der Waals surface area contributed by atoms with Crippen molar-refractivity contribution in [3.8, 4) is 0 Å². The van der Waals surface area contributed by atoms with Crippen molar-refractivity contribution in [3.63, 3.8) is 0 Å². The number of aromatic nitrogens is 3. The van der Waals surface area contributed by atoms with E-state index in [2.05, 4.69) is 10.1 Å². The van der Waals surface area contributed by atoms with Crippen LogP contribution in [0.25, 0.3) is 0 Å². The van der Waals surface area contributed by atoms with Gasteiger partial charge in [-0.2, -0.15) is 5.10 Å². The van der Waals surface area contributed by atoms with Gasteiger partial charge in [-0.05, 0) is 37.7 Å². The molecule has 1 saturated heterocycles. The molecule has 0 radical (unpaired) electrons. The van der Waals surface area contributed by atoms with Gasteiger partial charge in [-0.25, -0.2) is 4.98 Å². The van der Waals surface area contributed by atoms with Crippen LogP contribution >= 0.6 is 23.1 Å². The molecule has 25 heavy (non-hydrogen) atoms. The third-order valence-electron chi connectivity index (χ3n) is 5.24. The number of aliphatic hydroxyl groups is 1. The number of carbonyl (C=O) groups excluding carboxylic acids is 1. The van der Waals surface area contributed by atoms with E-state index in [1.807, 2.05) is 34.1 Å². The number of carbonyl (C=O) groups is 1. The highest BCUT2D eigenvalue weighted by Gasteiger charge is 2.43. The molecule has 134 valence electrons. The molecule has 4 rings (SSSR count). The van der Waals surface area contributed by atoms with E-state index in [1.165, 1.54) is 11.8 Å². The molecule has 1 N–H and O–H groups in total. The van der Waals surface area contributed by atoms with Crippen LogP contribution in [0.15, 0.2) is 28.2 Å². The number of aliphatic hydroxyl groups excluding tert-OH is 1. The van der Waals surface area contributed by atoms with Crippen molar-refractivity contribution >= 4 is 29.0 Å². The minimum absolute atomic E-state index is 0.0268. The van der Waals surface area contributed by atoms with Gasteiger partial charge in [0.15, 0.2) is 4.34 Å². The Morgan fingerprint density at radius 1 is 1.40 bits per heavy atom. The Hall–Kier alpha value is -1.38. The molecule has 4 atom stereocenters. The van der Waals surface area contributed by atoms with Gasteiger partial charge in [0, 0.05) is 36.6 Å². The van der Waals surface area contributed by atoms with Crippen molar-refractivity contribution in [1.82, 2.24) is 19.7 Å². The summed E-state index contributed by atoms with van der Waals surface area (Å²) >= 11 is 3.11. The molecule has 2 aliphatic rings. The van der Waals surface area contributed by atoms with Crippen molar-refractivity contribution in [2.75, 3.05) is 18.8 Å². The fraction of sp³-hybridized carbons (Fsp3) is 0.588. The SMILES string of the molecule is Cc1csc(SCC(=O)N2C[C@H]3C[C@@H](n4cccn4)[C@H](O)C[C@H]3C2)n1. The number of hydrogen-bond acceptors (Lipinski definition) is 6. The Morgan fingerprint density at radius 3 is 2.88 bits per heavy atom. The molecule has 1 saturated carbocycles. The van der Waals surface area contributed by atoms with Gasteiger partial charge in [-0.15, -0.1) is 11.3 Å². The first kappa shape index (κ1) is 17.1. The normalized spacial score (nSPS) is 29.0. The molecule has 1 amide bonds. The second kappa shape index (κ2) is 7.09. The van der Waals surface area contributed by atoms with Gasteiger partial charge < -0.3 is 10.0 Å². The number of fused-ring (bicyclic) bond motifs is 1. The second-order valence-electron chi connectivity index (χ2n) is 6.95. The molecule has 0 bridgehead atoms. The summed E-state index contributed by atoms with van der Waals surface area (Å²) in [5, 5.41) is 16.8. The van der Waals surface area contributed by atoms with Gasteiger partial charge >= 0.3 is 0 Å². The van der Waals surface area contributed by atoms with E-state index < -0.39 is 0 Å². The van der Waals surface area contributed by atoms with Gasteiger partial charge in [0.25, 0.3) is 0 Å². The molecule has 0 spiro atoms. The van der Waals surface area contributed by atoms with Crippen molar-refractivity contribution in [2.45, 2.75) is 36.3 Å². The van der Waals surface area contributed by atoms with Crippen LogP contribution in [0.4, 0.5) is 0 Å². The maximum Gasteiger partial charge on any atom is 0.233 e. The van der Waals surface area contributed by atoms with Crippen LogP contribution in [0.2, 0.25) is 0 Å². The van der Waals surface area contributed by atoms with E-state index in [0.29, 0.717) is 17.6 Å². The van der Waals surface area contributed by atoms with E-state index in [-0.39, 0.29) is 18.1 Å². The fourth-order valence-electron chi connectivity index (χ4n) is 3.99. The Labute approximate surface area is 155 Å². The van der Waals surface area contributed by atoms with Gasteiger partial charge in [0.2, 0.25) is 5.91 Å². The van der Waals surface area contributed by atoms with Crippen molar-refractivity contribution in [1.29, 1.82) is 0 Å². The lowest BCUT2D eigenvalue weighted by Gasteiger charge is -2.35. The molecular formula is C17H22N4O2S2. The summed E-state index contributed by atoms with van der Waals surface area (Å²) in [7, 11) is 0. The first-order chi connectivity index (χ1) is 12.1. The predicted octanol–water partition coefficient (Wildman–Crippen LogP) is 2.21. The highest BCUT2D eigenvalue weighted by Crippen LogP contribution is 2.41. The minimum Gasteiger partial charge on any atom is -0.391 e. The molecular weight excluding hydrogens is 356 g/mol. The predicted molar refractivity (Wildman–Crippen MR) is 97.6 cm³/mol. The Kier molecular flexibility index (Phi) is 4.84. The molecule has 3 heterocycles. The highest BCUT2D eigenvalue weighted by atomic mass is 32.2. The zero-order valence-corrected chi connectivity index (χ0v) is 15.7. The van der Waals surface area contributed by atoms with E-state index >= 15 is 0 Å². The molecule has 1 aliphatic heterocycles. The van der Waals surface area contributed by atoms with Crippen LogP contribution in [0.1, 0.15) is 24.6 Å². The maximum atomic E-state index is 12.6. The third-order valence-corrected chi connectivity index (χ3v) is 7.37. The Morgan fingerprint density at radius 2 is 2.20 bits per heavy atom. The molecule has 6 nitrogen and oxygen atoms in total. The number of likely N-dealkylation sites (tertiary alicyclic amines) is 1. The van der Waals surface area contributed by atoms with Gasteiger partial charge in [0.1, 0.15) is 0 Å². The van der Waals surface area contributed by atoms with E-state index in [9.17, 15) is 9.90 Å². The molecule has 0 unspecified atom stereocenters. The van der Waals surface area contributed by atoms with Crippen LogP contribution in [-0.2, 0) is 4.79 Å². The molecule has 8 heteroatoms. The summed E-state index contributed by atoms with van der Waals surface area (Å²) < 4.78 is 2.82. The van der Waals surface area contributed by atoms with Crippen LogP contribution in [-0.4, -0.2) is 55.6 Å². The number of aryl methyl sites for hydroxylation is 1. The van der Waals surface area contributed by atoms with Gasteiger partial charge in [-0.3, -0.25) is 9.48 Å². The molecule has 0 aromatic carbocycles. The summed E-state index contributed by atoms with van der Waals surface area (Å²) in [4.78, 5) is 18.9. The number of nitrogens with zero attached hydrogens (tertiary/aromatic N) is 4. The standard InChI is InChI=1S/C17H22N4O2S2/c1-11-9-24-17(19-11)25-10-16(23)20-7-12-5-14(21-4-2-3-18-21)15(22)6-13(12)8-20/h2-4,9,12-15,22H,5-8,10H2,1H3/t12-,13+,14-,15-/m1/s1. The monoisotopic (exact) mass is 378 g/mol. The molecule has 2 fully saturated rings. The van der Waals surface area contributed by atoms with Crippen LogP contribution in [0, 0.1) is 18.8 Å². The summed E-state index contributed by atoms with van der Waals surface area (Å²) in [6, 6.07) is 1.92. The largest absolute Gasteiger partial charge is 0.391 e. The minimum atomic E-state index is -0.385. The number of rotatable bonds is 4. The summed E-state index contributed by atoms with van der Waals surface area (Å²) in [5.41, 5.74) is 1.01. The quantitative estimate of drug-likeness (QED) is 0.826. The Balaban J connectivity index is 1.35. The lowest BCUT2D eigenvalue weighted by Crippen LogP contribution is -2.36. The summed E-state index contributed by atoms with van der Waals surface area (Å²) in [5.74, 6) is 1.47. The van der Waals surface area contributed by atoms with Crippen LogP contribution in [0.3, 0.4) is 0 Å². The first-order valence-corrected chi connectivity index (χ1v) is 10.5. The Bertz CT molecular complexity index is 733. The molecule has 2 aromatic rings. The fourth-order valence-corrected chi connectivity index (χ4v) is 5.74. The average Bonchev–Trinajstić information content (AvgIpc) is 3.32. The third kappa shape index (κ3) is 3.61. The number of thioether (sulfide) groups is 1. The van der Waals surface area contributed by atoms with Gasteiger partial charge in [0.05, 0.1) is 17.9 Å². The average molecular weight is 379 g/mol. The van der Waals surface area contributed by atoms with Crippen molar-refractivity contribution < 1.29 is 9.90 Å². The van der Waals surface area contributed by atoms with E-state index in [4.69, 9.17) is 0 Å². The summed E-state index contributed by atoms with van der Waals surface area (Å²) in [6.45, 7) is 3.53. The first-order valence-electron chi connectivity index (χ1n) is 8.60. The maximum absolute atomic E-state index is 12.6. The molecule has 2 aromatic heterocycles.